The Morgan fingerprint density at radius 3 is 2.80 bits per heavy atom. The highest BCUT2D eigenvalue weighted by Gasteiger charge is 2.16. The Labute approximate surface area is 94.9 Å². The Kier molecular flexibility index (Phi) is 3.59. The number of hydrogen-bond donors (Lipinski definition) is 1. The van der Waals surface area contributed by atoms with Crippen molar-refractivity contribution < 1.29 is 4.74 Å². The molecule has 0 atom stereocenters. The lowest BCUT2D eigenvalue weighted by atomic mass is 10.1. The van der Waals surface area contributed by atoms with Crippen LogP contribution in [0.25, 0.3) is 0 Å². The first-order chi connectivity index (χ1) is 7.25. The molecule has 2 rings (SSSR count). The van der Waals surface area contributed by atoms with E-state index in [9.17, 15) is 0 Å². The zero-order valence-corrected chi connectivity index (χ0v) is 10.1. The number of thiazole rings is 1. The van der Waals surface area contributed by atoms with Crippen LogP contribution in [0, 0.1) is 0 Å². The van der Waals surface area contributed by atoms with Crippen molar-refractivity contribution in [2.45, 2.75) is 38.7 Å². The number of nitrogens with zero attached hydrogens (tertiary/aromatic N) is 1. The largest absolute Gasteiger partial charge is 0.474 e. The molecule has 3 nitrogen and oxygen atoms in total. The van der Waals surface area contributed by atoms with Crippen LogP contribution in [0.2, 0.25) is 0 Å². The zero-order chi connectivity index (χ0) is 10.7. The standard InChI is InChI=1S/C11H18N2OS/c1-8(2)11-13-10(7-15-11)14-9-3-5-12-6-4-9/h7-9,12H,3-6H2,1-2H3. The third kappa shape index (κ3) is 2.92. The first kappa shape index (κ1) is 10.9. The van der Waals surface area contributed by atoms with Gasteiger partial charge >= 0.3 is 0 Å². The van der Waals surface area contributed by atoms with Crippen molar-refractivity contribution in [3.05, 3.63) is 10.4 Å². The van der Waals surface area contributed by atoms with Crippen molar-refractivity contribution in [2.24, 2.45) is 0 Å². The van der Waals surface area contributed by atoms with E-state index in [-0.39, 0.29) is 0 Å². The normalized spacial score (nSPS) is 18.3. The third-order valence-electron chi connectivity index (χ3n) is 2.57. The monoisotopic (exact) mass is 226 g/mol. The number of nitrogens with one attached hydrogen (secondary N) is 1. The van der Waals surface area contributed by atoms with Crippen molar-refractivity contribution in [2.75, 3.05) is 13.1 Å². The summed E-state index contributed by atoms with van der Waals surface area (Å²) in [5.74, 6) is 1.32. The first-order valence-corrected chi connectivity index (χ1v) is 6.46. The SMILES string of the molecule is CC(C)c1nc(OC2CCNCC2)cs1. The van der Waals surface area contributed by atoms with Gasteiger partial charge in [-0.25, -0.2) is 4.98 Å². The molecule has 1 aliphatic heterocycles. The van der Waals surface area contributed by atoms with Gasteiger partial charge in [-0.05, 0) is 25.9 Å². The van der Waals surface area contributed by atoms with E-state index in [0.29, 0.717) is 12.0 Å². The number of ether oxygens (including phenoxy) is 1. The minimum atomic E-state index is 0.355. The molecule has 0 amide bonds. The molecule has 0 unspecified atom stereocenters. The second-order valence-electron chi connectivity index (χ2n) is 4.25. The van der Waals surface area contributed by atoms with Crippen LogP contribution in [0.4, 0.5) is 0 Å². The first-order valence-electron chi connectivity index (χ1n) is 5.58. The van der Waals surface area contributed by atoms with Gasteiger partial charge in [0.2, 0.25) is 5.88 Å². The minimum absolute atomic E-state index is 0.355. The van der Waals surface area contributed by atoms with Gasteiger partial charge < -0.3 is 10.1 Å². The average Bonchev–Trinajstić information content (AvgIpc) is 2.68. The van der Waals surface area contributed by atoms with E-state index < -0.39 is 0 Å². The Bertz CT molecular complexity index is 305. The van der Waals surface area contributed by atoms with Crippen molar-refractivity contribution in [3.63, 3.8) is 0 Å². The molecule has 0 aromatic carbocycles. The molecular formula is C11H18N2OS. The summed E-state index contributed by atoms with van der Waals surface area (Å²) in [6, 6.07) is 0. The maximum absolute atomic E-state index is 5.85. The molecule has 0 bridgehead atoms. The third-order valence-corrected chi connectivity index (χ3v) is 3.69. The van der Waals surface area contributed by atoms with Gasteiger partial charge in [-0.3, -0.25) is 0 Å². The number of hydrogen-bond acceptors (Lipinski definition) is 4. The second kappa shape index (κ2) is 4.94. The highest BCUT2D eigenvalue weighted by molar-refractivity contribution is 7.09. The van der Waals surface area contributed by atoms with Gasteiger partial charge in [0.25, 0.3) is 0 Å². The summed E-state index contributed by atoms with van der Waals surface area (Å²) in [7, 11) is 0. The molecule has 2 heterocycles. The lowest BCUT2D eigenvalue weighted by molar-refractivity contribution is 0.156. The lowest BCUT2D eigenvalue weighted by Gasteiger charge is -2.22. The van der Waals surface area contributed by atoms with Crippen LogP contribution in [0.15, 0.2) is 5.38 Å². The van der Waals surface area contributed by atoms with Crippen molar-refractivity contribution in [1.29, 1.82) is 0 Å². The summed E-state index contributed by atoms with van der Waals surface area (Å²) >= 11 is 1.69. The summed E-state index contributed by atoms with van der Waals surface area (Å²) in [4.78, 5) is 4.48. The Hall–Kier alpha value is -0.610. The zero-order valence-electron chi connectivity index (χ0n) is 9.32. The van der Waals surface area contributed by atoms with Crippen LogP contribution in [0.5, 0.6) is 5.88 Å². The summed E-state index contributed by atoms with van der Waals surface area (Å²) in [5.41, 5.74) is 0. The minimum Gasteiger partial charge on any atom is -0.474 e. The Balaban J connectivity index is 1.91. The Morgan fingerprint density at radius 1 is 1.47 bits per heavy atom. The topological polar surface area (TPSA) is 34.1 Å². The molecular weight excluding hydrogens is 208 g/mol. The molecule has 1 aromatic rings. The van der Waals surface area contributed by atoms with Crippen LogP contribution in [-0.4, -0.2) is 24.2 Å². The van der Waals surface area contributed by atoms with Crippen molar-refractivity contribution >= 4 is 11.3 Å². The van der Waals surface area contributed by atoms with Crippen LogP contribution in [-0.2, 0) is 0 Å². The predicted octanol–water partition coefficient (Wildman–Crippen LogP) is 2.40. The van der Waals surface area contributed by atoms with Crippen LogP contribution < -0.4 is 10.1 Å². The summed E-state index contributed by atoms with van der Waals surface area (Å²) in [6.45, 7) is 6.44. The van der Waals surface area contributed by atoms with Gasteiger partial charge in [-0.2, -0.15) is 0 Å². The van der Waals surface area contributed by atoms with Crippen molar-refractivity contribution in [1.82, 2.24) is 10.3 Å². The van der Waals surface area contributed by atoms with Gasteiger partial charge in [0.05, 0.1) is 10.4 Å². The van der Waals surface area contributed by atoms with Gasteiger partial charge in [-0.1, -0.05) is 13.8 Å². The van der Waals surface area contributed by atoms with Crippen molar-refractivity contribution in [3.8, 4) is 5.88 Å². The summed E-state index contributed by atoms with van der Waals surface area (Å²) in [6.07, 6.45) is 2.54. The van der Waals surface area contributed by atoms with E-state index >= 15 is 0 Å². The van der Waals surface area contributed by atoms with Gasteiger partial charge in [-0.15, -0.1) is 11.3 Å². The van der Waals surface area contributed by atoms with Crippen LogP contribution in [0.3, 0.4) is 0 Å². The molecule has 15 heavy (non-hydrogen) atoms. The maximum Gasteiger partial charge on any atom is 0.224 e. The molecule has 0 spiro atoms. The van der Waals surface area contributed by atoms with E-state index in [0.717, 1.165) is 31.8 Å². The fourth-order valence-electron chi connectivity index (χ4n) is 1.68. The fourth-order valence-corrected chi connectivity index (χ4v) is 2.42. The van der Waals surface area contributed by atoms with E-state index in [1.165, 1.54) is 5.01 Å². The number of rotatable bonds is 3. The molecule has 4 heteroatoms. The Morgan fingerprint density at radius 2 is 2.20 bits per heavy atom. The van der Waals surface area contributed by atoms with E-state index in [4.69, 9.17) is 4.74 Å². The molecule has 1 aliphatic rings. The smallest absolute Gasteiger partial charge is 0.224 e. The van der Waals surface area contributed by atoms with E-state index in [1.54, 1.807) is 11.3 Å². The molecule has 1 saturated heterocycles. The van der Waals surface area contributed by atoms with Gasteiger partial charge in [0.1, 0.15) is 6.10 Å². The highest BCUT2D eigenvalue weighted by atomic mass is 32.1. The molecule has 0 saturated carbocycles. The van der Waals surface area contributed by atoms with E-state index in [1.807, 2.05) is 5.38 Å². The molecule has 0 radical (unpaired) electrons. The number of piperidine rings is 1. The molecule has 84 valence electrons. The highest BCUT2D eigenvalue weighted by Crippen LogP contribution is 2.24. The second-order valence-corrected chi connectivity index (χ2v) is 5.14. The molecule has 1 aromatic heterocycles. The summed E-state index contributed by atoms with van der Waals surface area (Å²) in [5, 5.41) is 6.52. The van der Waals surface area contributed by atoms with Crippen LogP contribution >= 0.6 is 11.3 Å². The van der Waals surface area contributed by atoms with E-state index in [2.05, 4.69) is 24.1 Å². The summed E-state index contributed by atoms with van der Waals surface area (Å²) < 4.78 is 5.85. The maximum atomic E-state index is 5.85. The lowest BCUT2D eigenvalue weighted by Crippen LogP contribution is -2.34. The van der Waals surface area contributed by atoms with Gasteiger partial charge in [0.15, 0.2) is 0 Å². The fraction of sp³-hybridized carbons (Fsp3) is 0.727. The molecule has 1 N–H and O–H groups in total. The quantitative estimate of drug-likeness (QED) is 0.859. The molecule has 0 aliphatic carbocycles. The predicted molar refractivity (Wildman–Crippen MR) is 62.7 cm³/mol. The van der Waals surface area contributed by atoms with Crippen LogP contribution in [0.1, 0.15) is 37.6 Å². The van der Waals surface area contributed by atoms with Gasteiger partial charge in [0, 0.05) is 5.92 Å². The number of aromatic nitrogens is 1. The molecule has 1 fully saturated rings. The average molecular weight is 226 g/mol.